The van der Waals surface area contributed by atoms with Gasteiger partial charge in [0, 0.05) is 12.7 Å². The molecule has 0 saturated carbocycles. The molecule has 0 bridgehead atoms. The number of thioether (sulfide) groups is 1. The van der Waals surface area contributed by atoms with Crippen molar-refractivity contribution >= 4 is 33.4 Å². The van der Waals surface area contributed by atoms with Crippen molar-refractivity contribution < 1.29 is 17.6 Å². The molecule has 0 fully saturated rings. The third-order valence-electron chi connectivity index (χ3n) is 3.38. The average Bonchev–Trinajstić information content (AvgIpc) is 3.22. The second kappa shape index (κ2) is 7.32. The van der Waals surface area contributed by atoms with Crippen molar-refractivity contribution in [1.29, 1.82) is 0 Å². The molecule has 2 heterocycles. The molecule has 2 aromatic heterocycles. The Hall–Kier alpha value is -2.63. The maximum Gasteiger partial charge on any atom is 0.238 e. The van der Waals surface area contributed by atoms with Crippen LogP contribution in [0.1, 0.15) is 0 Å². The van der Waals surface area contributed by atoms with Crippen LogP contribution < -0.4 is 10.5 Å². The van der Waals surface area contributed by atoms with E-state index in [2.05, 4.69) is 15.5 Å². The first-order valence-corrected chi connectivity index (χ1v) is 9.86. The van der Waals surface area contributed by atoms with Crippen molar-refractivity contribution in [3.8, 4) is 11.6 Å². The van der Waals surface area contributed by atoms with E-state index in [-0.39, 0.29) is 16.6 Å². The predicted octanol–water partition coefficient (Wildman–Crippen LogP) is 1.45. The Kier molecular flexibility index (Phi) is 5.11. The van der Waals surface area contributed by atoms with E-state index in [1.54, 1.807) is 30.0 Å². The molecule has 0 radical (unpaired) electrons. The lowest BCUT2D eigenvalue weighted by molar-refractivity contribution is -0.113. The molecule has 3 rings (SSSR count). The van der Waals surface area contributed by atoms with E-state index in [1.807, 2.05) is 0 Å². The van der Waals surface area contributed by atoms with Crippen LogP contribution in [0.5, 0.6) is 0 Å². The fourth-order valence-electron chi connectivity index (χ4n) is 2.12. The first-order valence-electron chi connectivity index (χ1n) is 7.33. The number of carbonyl (C=O) groups is 1. The number of primary sulfonamides is 1. The number of nitrogens with zero attached hydrogens (tertiary/aromatic N) is 3. The Bertz CT molecular complexity index is 1010. The SMILES string of the molecule is Cn1c(SCC(=O)Nc2ccc(S(N)(=O)=O)cc2)nnc1-c1ccco1. The fraction of sp³-hybridized carbons (Fsp3) is 0.133. The highest BCUT2D eigenvalue weighted by Gasteiger charge is 2.15. The van der Waals surface area contributed by atoms with Crippen molar-refractivity contribution in [2.24, 2.45) is 12.2 Å². The van der Waals surface area contributed by atoms with Gasteiger partial charge in [0.15, 0.2) is 16.7 Å². The zero-order valence-corrected chi connectivity index (χ0v) is 15.3. The second-order valence-electron chi connectivity index (χ2n) is 5.25. The summed E-state index contributed by atoms with van der Waals surface area (Å²) in [4.78, 5) is 12.0. The Morgan fingerprint density at radius 3 is 2.62 bits per heavy atom. The maximum absolute atomic E-state index is 12.1. The number of nitrogens with one attached hydrogen (secondary N) is 1. The summed E-state index contributed by atoms with van der Waals surface area (Å²) in [7, 11) is -1.98. The van der Waals surface area contributed by atoms with Crippen LogP contribution in [0.2, 0.25) is 0 Å². The summed E-state index contributed by atoms with van der Waals surface area (Å²) in [6.07, 6.45) is 1.55. The first-order chi connectivity index (χ1) is 12.3. The molecular formula is C15H15N5O4S2. The summed E-state index contributed by atoms with van der Waals surface area (Å²) in [6, 6.07) is 9.13. The third-order valence-corrected chi connectivity index (χ3v) is 5.32. The molecule has 0 unspecified atom stereocenters. The molecule has 3 aromatic rings. The summed E-state index contributed by atoms with van der Waals surface area (Å²) in [5.41, 5.74) is 0.470. The molecule has 9 nitrogen and oxygen atoms in total. The van der Waals surface area contributed by atoms with Crippen LogP contribution >= 0.6 is 11.8 Å². The molecule has 0 aliphatic rings. The highest BCUT2D eigenvalue weighted by Crippen LogP contribution is 2.23. The van der Waals surface area contributed by atoms with Gasteiger partial charge >= 0.3 is 0 Å². The molecular weight excluding hydrogens is 378 g/mol. The van der Waals surface area contributed by atoms with Crippen LogP contribution in [-0.4, -0.2) is 34.8 Å². The number of furan rings is 1. The van der Waals surface area contributed by atoms with Gasteiger partial charge in [0.2, 0.25) is 15.9 Å². The van der Waals surface area contributed by atoms with Gasteiger partial charge in [-0.15, -0.1) is 10.2 Å². The first kappa shape index (κ1) is 18.2. The Labute approximate surface area is 153 Å². The van der Waals surface area contributed by atoms with E-state index in [0.29, 0.717) is 22.4 Å². The number of rotatable bonds is 6. The van der Waals surface area contributed by atoms with E-state index in [0.717, 1.165) is 0 Å². The zero-order valence-electron chi connectivity index (χ0n) is 13.6. The maximum atomic E-state index is 12.1. The summed E-state index contributed by atoms with van der Waals surface area (Å²) in [6.45, 7) is 0. The quantitative estimate of drug-likeness (QED) is 0.606. The zero-order chi connectivity index (χ0) is 18.7. The fourth-order valence-corrected chi connectivity index (χ4v) is 3.34. The van der Waals surface area contributed by atoms with Gasteiger partial charge in [-0.25, -0.2) is 13.6 Å². The van der Waals surface area contributed by atoms with Gasteiger partial charge in [0.1, 0.15) is 0 Å². The van der Waals surface area contributed by atoms with Gasteiger partial charge in [-0.3, -0.25) is 4.79 Å². The molecule has 0 aliphatic carbocycles. The molecule has 11 heteroatoms. The van der Waals surface area contributed by atoms with Gasteiger partial charge in [-0.2, -0.15) is 0 Å². The predicted molar refractivity (Wildman–Crippen MR) is 95.9 cm³/mol. The van der Waals surface area contributed by atoms with E-state index < -0.39 is 10.0 Å². The lowest BCUT2D eigenvalue weighted by atomic mass is 10.3. The number of hydrogen-bond acceptors (Lipinski definition) is 7. The van der Waals surface area contributed by atoms with Gasteiger partial charge in [0.25, 0.3) is 0 Å². The number of aromatic nitrogens is 3. The van der Waals surface area contributed by atoms with Crippen molar-refractivity contribution in [1.82, 2.24) is 14.8 Å². The van der Waals surface area contributed by atoms with Gasteiger partial charge in [-0.1, -0.05) is 11.8 Å². The lowest BCUT2D eigenvalue weighted by Crippen LogP contribution is -2.15. The number of amides is 1. The molecule has 0 saturated heterocycles. The second-order valence-corrected chi connectivity index (χ2v) is 7.75. The number of benzene rings is 1. The van der Waals surface area contributed by atoms with Gasteiger partial charge < -0.3 is 14.3 Å². The molecule has 3 N–H and O–H groups in total. The molecule has 0 spiro atoms. The lowest BCUT2D eigenvalue weighted by Gasteiger charge is -2.06. The largest absolute Gasteiger partial charge is 0.461 e. The standard InChI is InChI=1S/C15H15N5O4S2/c1-20-14(12-3-2-8-24-12)18-19-15(20)25-9-13(21)17-10-4-6-11(7-5-10)26(16,22)23/h2-8H,9H2,1H3,(H,17,21)(H2,16,22,23). The Balaban J connectivity index is 1.59. The minimum Gasteiger partial charge on any atom is -0.461 e. The average molecular weight is 393 g/mol. The normalized spacial score (nSPS) is 11.5. The molecule has 1 aromatic carbocycles. The van der Waals surface area contributed by atoms with Crippen molar-refractivity contribution in [2.45, 2.75) is 10.1 Å². The number of nitrogens with two attached hydrogens (primary N) is 1. The van der Waals surface area contributed by atoms with E-state index in [9.17, 15) is 13.2 Å². The molecule has 136 valence electrons. The van der Waals surface area contributed by atoms with Crippen LogP contribution in [0.25, 0.3) is 11.6 Å². The minimum atomic E-state index is -3.76. The highest BCUT2D eigenvalue weighted by atomic mass is 32.2. The van der Waals surface area contributed by atoms with Crippen LogP contribution in [0.15, 0.2) is 57.1 Å². The molecule has 0 atom stereocenters. The van der Waals surface area contributed by atoms with Gasteiger partial charge in [-0.05, 0) is 36.4 Å². The number of anilines is 1. The summed E-state index contributed by atoms with van der Waals surface area (Å²) in [5.74, 6) is 1.00. The number of carbonyl (C=O) groups excluding carboxylic acids is 1. The van der Waals surface area contributed by atoms with E-state index in [4.69, 9.17) is 9.56 Å². The Morgan fingerprint density at radius 2 is 2.00 bits per heavy atom. The monoisotopic (exact) mass is 393 g/mol. The Morgan fingerprint density at radius 1 is 1.27 bits per heavy atom. The van der Waals surface area contributed by atoms with E-state index >= 15 is 0 Å². The van der Waals surface area contributed by atoms with E-state index in [1.165, 1.54) is 36.0 Å². The summed E-state index contributed by atoms with van der Waals surface area (Å²) >= 11 is 1.22. The van der Waals surface area contributed by atoms with Crippen molar-refractivity contribution in [2.75, 3.05) is 11.1 Å². The summed E-state index contributed by atoms with van der Waals surface area (Å²) < 4.78 is 29.4. The molecule has 0 aliphatic heterocycles. The van der Waals surface area contributed by atoms with Crippen LogP contribution in [0, 0.1) is 0 Å². The smallest absolute Gasteiger partial charge is 0.238 e. The third kappa shape index (κ3) is 4.12. The van der Waals surface area contributed by atoms with Crippen LogP contribution in [0.4, 0.5) is 5.69 Å². The number of hydrogen-bond donors (Lipinski definition) is 2. The topological polar surface area (TPSA) is 133 Å². The van der Waals surface area contributed by atoms with Crippen LogP contribution in [0.3, 0.4) is 0 Å². The molecule has 26 heavy (non-hydrogen) atoms. The van der Waals surface area contributed by atoms with Crippen molar-refractivity contribution in [3.63, 3.8) is 0 Å². The minimum absolute atomic E-state index is 0.0191. The van der Waals surface area contributed by atoms with Gasteiger partial charge in [0.05, 0.1) is 16.9 Å². The van der Waals surface area contributed by atoms with Crippen molar-refractivity contribution in [3.05, 3.63) is 42.7 Å². The molecule has 1 amide bonds. The number of sulfonamides is 1. The summed E-state index contributed by atoms with van der Waals surface area (Å²) in [5, 5.41) is 16.4. The highest BCUT2D eigenvalue weighted by molar-refractivity contribution is 7.99. The van der Waals surface area contributed by atoms with Crippen LogP contribution in [-0.2, 0) is 21.9 Å².